The zero-order valence-electron chi connectivity index (χ0n) is 19.9. The molecule has 1 fully saturated rings. The Morgan fingerprint density at radius 2 is 1.91 bits per heavy atom. The molecule has 5 rings (SSSR count). The molecule has 0 spiro atoms. The third-order valence-electron chi connectivity index (χ3n) is 6.51. The Morgan fingerprint density at radius 3 is 2.60 bits per heavy atom. The molecule has 2 aromatic carbocycles. The maximum Gasteiger partial charge on any atom is 0.295 e. The van der Waals surface area contributed by atoms with Crippen LogP contribution in [0.25, 0.3) is 5.76 Å². The minimum absolute atomic E-state index is 0.0580. The van der Waals surface area contributed by atoms with Crippen LogP contribution in [0, 0.1) is 0 Å². The Kier molecular flexibility index (Phi) is 5.76. The molecule has 0 bridgehead atoms. The predicted molar refractivity (Wildman–Crippen MR) is 133 cm³/mol. The van der Waals surface area contributed by atoms with Crippen molar-refractivity contribution in [3.63, 3.8) is 0 Å². The SMILES string of the molecule is CC1Cc2cc(/C(O)=C3\C(=O)C(=O)N(Cc4cccnc4)C3c3ccc(N(C)C)cc3)ccc2O1. The number of Topliss-reactive ketones (excluding diaryl/α,β-unsaturated/α-hetero) is 1. The Hall–Kier alpha value is -4.13. The van der Waals surface area contributed by atoms with E-state index in [-0.39, 0.29) is 24.0 Å². The lowest BCUT2D eigenvalue weighted by molar-refractivity contribution is -0.140. The number of benzene rings is 2. The molecule has 2 atom stereocenters. The lowest BCUT2D eigenvalue weighted by atomic mass is 9.94. The van der Waals surface area contributed by atoms with Gasteiger partial charge in [0.25, 0.3) is 11.7 Å². The molecular weight excluding hydrogens is 442 g/mol. The van der Waals surface area contributed by atoms with Gasteiger partial charge >= 0.3 is 0 Å². The molecule has 1 amide bonds. The van der Waals surface area contributed by atoms with Crippen molar-refractivity contribution >= 4 is 23.1 Å². The number of pyridine rings is 1. The van der Waals surface area contributed by atoms with E-state index in [1.165, 1.54) is 4.90 Å². The Labute approximate surface area is 204 Å². The fraction of sp³-hybridized carbons (Fsp3) is 0.250. The minimum Gasteiger partial charge on any atom is -0.507 e. The summed E-state index contributed by atoms with van der Waals surface area (Å²) in [6.45, 7) is 2.19. The van der Waals surface area contributed by atoms with Gasteiger partial charge in [-0.05, 0) is 60.0 Å². The molecule has 2 aliphatic heterocycles. The van der Waals surface area contributed by atoms with Gasteiger partial charge in [-0.3, -0.25) is 14.6 Å². The molecule has 2 unspecified atom stereocenters. The van der Waals surface area contributed by atoms with E-state index in [0.717, 1.165) is 34.5 Å². The van der Waals surface area contributed by atoms with Gasteiger partial charge in [0, 0.05) is 50.7 Å². The molecule has 178 valence electrons. The molecule has 7 heteroatoms. The fourth-order valence-electron chi connectivity index (χ4n) is 4.76. The van der Waals surface area contributed by atoms with Crippen LogP contribution in [-0.2, 0) is 22.6 Å². The zero-order chi connectivity index (χ0) is 24.7. The number of fused-ring (bicyclic) bond motifs is 1. The van der Waals surface area contributed by atoms with Crippen LogP contribution in [-0.4, -0.2) is 46.9 Å². The van der Waals surface area contributed by atoms with Gasteiger partial charge in [0.15, 0.2) is 0 Å². The largest absolute Gasteiger partial charge is 0.507 e. The predicted octanol–water partition coefficient (Wildman–Crippen LogP) is 4.09. The number of ketones is 1. The average Bonchev–Trinajstić information content (AvgIpc) is 3.35. The molecule has 1 saturated heterocycles. The summed E-state index contributed by atoms with van der Waals surface area (Å²) in [6.07, 6.45) is 4.12. The molecule has 7 nitrogen and oxygen atoms in total. The maximum absolute atomic E-state index is 13.3. The molecular formula is C28H27N3O4. The second-order valence-corrected chi connectivity index (χ2v) is 9.23. The van der Waals surface area contributed by atoms with Crippen molar-refractivity contribution in [2.45, 2.75) is 32.0 Å². The van der Waals surface area contributed by atoms with E-state index in [0.29, 0.717) is 5.56 Å². The minimum atomic E-state index is -0.727. The van der Waals surface area contributed by atoms with Gasteiger partial charge < -0.3 is 19.6 Å². The summed E-state index contributed by atoms with van der Waals surface area (Å²) in [4.78, 5) is 34.2. The summed E-state index contributed by atoms with van der Waals surface area (Å²) in [6, 6.07) is 16.0. The van der Waals surface area contributed by atoms with Crippen molar-refractivity contribution in [2.24, 2.45) is 0 Å². The smallest absolute Gasteiger partial charge is 0.295 e. The first-order chi connectivity index (χ1) is 16.8. The molecule has 0 saturated carbocycles. The van der Waals surface area contributed by atoms with Gasteiger partial charge in [0.05, 0.1) is 11.6 Å². The number of carbonyl (C=O) groups excluding carboxylic acids is 2. The highest BCUT2D eigenvalue weighted by Crippen LogP contribution is 2.41. The zero-order valence-corrected chi connectivity index (χ0v) is 19.9. The summed E-state index contributed by atoms with van der Waals surface area (Å²) >= 11 is 0. The van der Waals surface area contributed by atoms with Crippen molar-refractivity contribution < 1.29 is 19.4 Å². The number of nitrogens with zero attached hydrogens (tertiary/aromatic N) is 3. The van der Waals surface area contributed by atoms with Crippen LogP contribution in [0.3, 0.4) is 0 Å². The third kappa shape index (κ3) is 4.14. The number of anilines is 1. The number of ether oxygens (including phenoxy) is 1. The van der Waals surface area contributed by atoms with E-state index >= 15 is 0 Å². The monoisotopic (exact) mass is 469 g/mol. The van der Waals surface area contributed by atoms with Crippen molar-refractivity contribution in [1.29, 1.82) is 0 Å². The van der Waals surface area contributed by atoms with Gasteiger partial charge in [0.2, 0.25) is 0 Å². The van der Waals surface area contributed by atoms with Gasteiger partial charge in [0.1, 0.15) is 17.6 Å². The van der Waals surface area contributed by atoms with E-state index in [1.54, 1.807) is 30.6 Å². The van der Waals surface area contributed by atoms with Crippen LogP contribution in [0.2, 0.25) is 0 Å². The molecule has 1 aromatic heterocycles. The average molecular weight is 470 g/mol. The molecule has 0 aliphatic carbocycles. The van der Waals surface area contributed by atoms with E-state index in [2.05, 4.69) is 4.98 Å². The van der Waals surface area contributed by atoms with Crippen molar-refractivity contribution in [1.82, 2.24) is 9.88 Å². The van der Waals surface area contributed by atoms with Crippen LogP contribution in [0.4, 0.5) is 5.69 Å². The van der Waals surface area contributed by atoms with Gasteiger partial charge in [-0.2, -0.15) is 0 Å². The lowest BCUT2D eigenvalue weighted by Crippen LogP contribution is -2.29. The van der Waals surface area contributed by atoms with E-state index < -0.39 is 17.7 Å². The number of aliphatic hydroxyl groups is 1. The first kappa shape index (κ1) is 22.7. The number of aliphatic hydroxyl groups excluding tert-OH is 1. The summed E-state index contributed by atoms with van der Waals surface area (Å²) in [5.41, 5.74) is 4.09. The number of likely N-dealkylation sites (tertiary alicyclic amines) is 1. The lowest BCUT2D eigenvalue weighted by Gasteiger charge is -2.26. The summed E-state index contributed by atoms with van der Waals surface area (Å²) in [7, 11) is 3.89. The Bertz CT molecular complexity index is 1320. The fourth-order valence-corrected chi connectivity index (χ4v) is 4.76. The maximum atomic E-state index is 13.3. The molecule has 1 N–H and O–H groups in total. The van der Waals surface area contributed by atoms with Crippen LogP contribution >= 0.6 is 0 Å². The normalized spacial score (nSPS) is 20.6. The molecule has 35 heavy (non-hydrogen) atoms. The van der Waals surface area contributed by atoms with Crippen molar-refractivity contribution in [2.75, 3.05) is 19.0 Å². The summed E-state index contributed by atoms with van der Waals surface area (Å²) < 4.78 is 5.77. The molecule has 3 aromatic rings. The standard InChI is InChI=1S/C28H27N3O4/c1-17-13-21-14-20(8-11-23(21)35-17)26(32)24-25(19-6-9-22(10-7-19)30(2)3)31(28(34)27(24)33)16-18-5-4-12-29-15-18/h4-12,14-15,17,25,32H,13,16H2,1-3H3/b26-24+. The first-order valence-electron chi connectivity index (χ1n) is 11.6. The Morgan fingerprint density at radius 1 is 1.14 bits per heavy atom. The molecule has 0 radical (unpaired) electrons. The molecule has 2 aliphatic rings. The van der Waals surface area contributed by atoms with Crippen molar-refractivity contribution in [3.8, 4) is 5.75 Å². The van der Waals surface area contributed by atoms with Crippen LogP contribution in [0.15, 0.2) is 72.6 Å². The van der Waals surface area contributed by atoms with Gasteiger partial charge in [-0.15, -0.1) is 0 Å². The number of carbonyl (C=O) groups is 2. The highest BCUT2D eigenvalue weighted by molar-refractivity contribution is 6.46. The highest BCUT2D eigenvalue weighted by Gasteiger charge is 2.46. The number of amides is 1. The van der Waals surface area contributed by atoms with Gasteiger partial charge in [-0.1, -0.05) is 18.2 Å². The van der Waals surface area contributed by atoms with E-state index in [9.17, 15) is 14.7 Å². The second-order valence-electron chi connectivity index (χ2n) is 9.23. The third-order valence-corrected chi connectivity index (χ3v) is 6.51. The van der Waals surface area contributed by atoms with Crippen molar-refractivity contribution in [3.05, 3.63) is 94.8 Å². The van der Waals surface area contributed by atoms with Gasteiger partial charge in [-0.25, -0.2) is 0 Å². The highest BCUT2D eigenvalue weighted by atomic mass is 16.5. The summed E-state index contributed by atoms with van der Waals surface area (Å²) in [5, 5.41) is 11.4. The van der Waals surface area contributed by atoms with Crippen LogP contribution in [0.5, 0.6) is 5.75 Å². The number of hydrogen-bond donors (Lipinski definition) is 1. The van der Waals surface area contributed by atoms with Crippen LogP contribution in [0.1, 0.15) is 35.2 Å². The quantitative estimate of drug-likeness (QED) is 0.344. The Balaban J connectivity index is 1.62. The topological polar surface area (TPSA) is 83.0 Å². The second kappa shape index (κ2) is 8.91. The number of hydrogen-bond acceptors (Lipinski definition) is 6. The number of aromatic nitrogens is 1. The molecule has 3 heterocycles. The van der Waals surface area contributed by atoms with Crippen LogP contribution < -0.4 is 9.64 Å². The van der Waals surface area contributed by atoms with E-state index in [4.69, 9.17) is 4.74 Å². The first-order valence-corrected chi connectivity index (χ1v) is 11.6. The summed E-state index contributed by atoms with van der Waals surface area (Å²) in [5.74, 6) is -0.739. The number of rotatable bonds is 5. The van der Waals surface area contributed by atoms with E-state index in [1.807, 2.05) is 62.3 Å².